The quantitative estimate of drug-likeness (QED) is 0.631. The molecule has 1 saturated carbocycles. The SMILES string of the molecule is Cc1cc(F)cc(C(=O)NC(CN)C2CC2)c1[N+](=O)[O-]. The van der Waals surface area contributed by atoms with Gasteiger partial charge in [0.05, 0.1) is 4.92 Å². The van der Waals surface area contributed by atoms with Crippen LogP contribution in [0.25, 0.3) is 0 Å². The highest BCUT2D eigenvalue weighted by atomic mass is 19.1. The number of nitro groups is 1. The predicted molar refractivity (Wildman–Crippen MR) is 70.8 cm³/mol. The molecule has 0 spiro atoms. The molecule has 3 N–H and O–H groups in total. The number of benzene rings is 1. The van der Waals surface area contributed by atoms with E-state index in [0.29, 0.717) is 5.92 Å². The molecule has 0 saturated heterocycles. The highest BCUT2D eigenvalue weighted by molar-refractivity contribution is 5.98. The summed E-state index contributed by atoms with van der Waals surface area (Å²) in [5, 5.41) is 13.7. The van der Waals surface area contributed by atoms with Crippen molar-refractivity contribution in [2.24, 2.45) is 11.7 Å². The van der Waals surface area contributed by atoms with E-state index in [0.717, 1.165) is 25.0 Å². The van der Waals surface area contributed by atoms with Gasteiger partial charge in [-0.3, -0.25) is 14.9 Å². The van der Waals surface area contributed by atoms with E-state index in [9.17, 15) is 19.3 Å². The lowest BCUT2D eigenvalue weighted by Gasteiger charge is -2.16. The summed E-state index contributed by atoms with van der Waals surface area (Å²) in [6, 6.07) is 1.71. The topological polar surface area (TPSA) is 98.3 Å². The number of rotatable bonds is 5. The number of aryl methyl sites for hydroxylation is 1. The molecule has 108 valence electrons. The van der Waals surface area contributed by atoms with Crippen molar-refractivity contribution >= 4 is 11.6 Å². The van der Waals surface area contributed by atoms with Crippen molar-refractivity contribution in [1.82, 2.24) is 5.32 Å². The van der Waals surface area contributed by atoms with Crippen LogP contribution in [-0.2, 0) is 0 Å². The van der Waals surface area contributed by atoms with Gasteiger partial charge < -0.3 is 11.1 Å². The second kappa shape index (κ2) is 5.54. The van der Waals surface area contributed by atoms with E-state index in [1.165, 1.54) is 6.92 Å². The summed E-state index contributed by atoms with van der Waals surface area (Å²) in [6.07, 6.45) is 1.96. The Hall–Kier alpha value is -2.02. The predicted octanol–water partition coefficient (Wildman–Crippen LogP) is 1.51. The first-order chi connectivity index (χ1) is 9.43. The van der Waals surface area contributed by atoms with E-state index < -0.39 is 16.6 Å². The van der Waals surface area contributed by atoms with Crippen molar-refractivity contribution in [1.29, 1.82) is 0 Å². The molecule has 2 rings (SSSR count). The van der Waals surface area contributed by atoms with Gasteiger partial charge >= 0.3 is 0 Å². The van der Waals surface area contributed by atoms with Gasteiger partial charge in [0.2, 0.25) is 0 Å². The number of carbonyl (C=O) groups is 1. The van der Waals surface area contributed by atoms with Gasteiger partial charge in [0.15, 0.2) is 0 Å². The molecule has 1 aromatic rings. The average molecular weight is 281 g/mol. The van der Waals surface area contributed by atoms with Crippen LogP contribution in [-0.4, -0.2) is 23.4 Å². The summed E-state index contributed by atoms with van der Waals surface area (Å²) in [4.78, 5) is 22.5. The smallest absolute Gasteiger partial charge is 0.285 e. The van der Waals surface area contributed by atoms with Crippen LogP contribution in [0.15, 0.2) is 12.1 Å². The van der Waals surface area contributed by atoms with Crippen LogP contribution >= 0.6 is 0 Å². The molecule has 1 aromatic carbocycles. The summed E-state index contributed by atoms with van der Waals surface area (Å²) in [5.41, 5.74) is 5.07. The van der Waals surface area contributed by atoms with Crippen LogP contribution < -0.4 is 11.1 Å². The normalized spacial score (nSPS) is 15.8. The highest BCUT2D eigenvalue weighted by Gasteiger charge is 2.33. The van der Waals surface area contributed by atoms with Gasteiger partial charge in [-0.15, -0.1) is 0 Å². The minimum Gasteiger partial charge on any atom is -0.348 e. The van der Waals surface area contributed by atoms with Gasteiger partial charge in [-0.25, -0.2) is 4.39 Å². The van der Waals surface area contributed by atoms with Gasteiger partial charge in [0, 0.05) is 18.2 Å². The minimum atomic E-state index is -0.672. The fourth-order valence-electron chi connectivity index (χ4n) is 2.26. The first-order valence-electron chi connectivity index (χ1n) is 6.39. The number of halogens is 1. The van der Waals surface area contributed by atoms with Crippen molar-refractivity contribution in [2.75, 3.05) is 6.54 Å². The Morgan fingerprint density at radius 3 is 2.75 bits per heavy atom. The third-order valence-electron chi connectivity index (χ3n) is 3.45. The van der Waals surface area contributed by atoms with Crippen LogP contribution in [0.1, 0.15) is 28.8 Å². The van der Waals surface area contributed by atoms with Crippen molar-refractivity contribution in [3.8, 4) is 0 Å². The summed E-state index contributed by atoms with van der Waals surface area (Å²) >= 11 is 0. The van der Waals surface area contributed by atoms with Crippen molar-refractivity contribution < 1.29 is 14.1 Å². The molecular weight excluding hydrogens is 265 g/mol. The second-order valence-electron chi connectivity index (χ2n) is 5.03. The van der Waals surface area contributed by atoms with E-state index in [2.05, 4.69) is 5.32 Å². The lowest BCUT2D eigenvalue weighted by Crippen LogP contribution is -2.42. The monoisotopic (exact) mass is 281 g/mol. The number of nitrogens with one attached hydrogen (secondary N) is 1. The van der Waals surface area contributed by atoms with Crippen molar-refractivity contribution in [2.45, 2.75) is 25.8 Å². The summed E-state index contributed by atoms with van der Waals surface area (Å²) in [7, 11) is 0. The van der Waals surface area contributed by atoms with Crippen molar-refractivity contribution in [3.63, 3.8) is 0 Å². The zero-order valence-corrected chi connectivity index (χ0v) is 11.1. The fourth-order valence-corrected chi connectivity index (χ4v) is 2.26. The summed E-state index contributed by atoms with van der Waals surface area (Å²) in [6.45, 7) is 1.66. The first kappa shape index (κ1) is 14.4. The number of amides is 1. The van der Waals surface area contributed by atoms with Crippen LogP contribution in [0, 0.1) is 28.8 Å². The molecule has 1 aliphatic carbocycles. The molecule has 0 bridgehead atoms. The molecule has 1 atom stereocenters. The number of nitrogens with two attached hydrogens (primary N) is 1. The van der Waals surface area contributed by atoms with Gasteiger partial charge in [-0.05, 0) is 37.8 Å². The van der Waals surface area contributed by atoms with Crippen LogP contribution in [0.5, 0.6) is 0 Å². The molecule has 1 fully saturated rings. The molecule has 6 nitrogen and oxygen atoms in total. The number of carbonyl (C=O) groups excluding carboxylic acids is 1. The van der Waals surface area contributed by atoms with E-state index in [-0.39, 0.29) is 29.4 Å². The van der Waals surface area contributed by atoms with Crippen LogP contribution in [0.3, 0.4) is 0 Å². The summed E-state index contributed by atoms with van der Waals surface area (Å²) in [5.74, 6) is -1.01. The third-order valence-corrected chi connectivity index (χ3v) is 3.45. The standard InChI is InChI=1S/C13H16FN3O3/c1-7-4-9(14)5-10(12(7)17(19)20)13(18)16-11(6-15)8-2-3-8/h4-5,8,11H,2-3,6,15H2,1H3,(H,16,18). The Morgan fingerprint density at radius 1 is 1.60 bits per heavy atom. The van der Waals surface area contributed by atoms with E-state index in [1.807, 2.05) is 0 Å². The molecule has 20 heavy (non-hydrogen) atoms. The van der Waals surface area contributed by atoms with Gasteiger partial charge in [-0.2, -0.15) is 0 Å². The molecule has 0 aliphatic heterocycles. The molecule has 0 radical (unpaired) electrons. The lowest BCUT2D eigenvalue weighted by atomic mass is 10.1. The maximum atomic E-state index is 13.4. The molecule has 7 heteroatoms. The Labute approximate surface area is 115 Å². The first-order valence-corrected chi connectivity index (χ1v) is 6.39. The lowest BCUT2D eigenvalue weighted by molar-refractivity contribution is -0.385. The highest BCUT2D eigenvalue weighted by Crippen LogP contribution is 2.32. The number of hydrogen-bond donors (Lipinski definition) is 2. The molecule has 0 heterocycles. The zero-order chi connectivity index (χ0) is 14.9. The average Bonchev–Trinajstić information content (AvgIpc) is 3.18. The Kier molecular flexibility index (Phi) is 3.99. The molecular formula is C13H16FN3O3. The summed E-state index contributed by atoms with van der Waals surface area (Å²) < 4.78 is 13.4. The van der Waals surface area contributed by atoms with E-state index >= 15 is 0 Å². The van der Waals surface area contributed by atoms with Gasteiger partial charge in [0.25, 0.3) is 11.6 Å². The molecule has 0 aromatic heterocycles. The Balaban J connectivity index is 2.30. The minimum absolute atomic E-state index is 0.121. The zero-order valence-electron chi connectivity index (χ0n) is 11.1. The van der Waals surface area contributed by atoms with Gasteiger partial charge in [-0.1, -0.05) is 0 Å². The number of nitrogens with zero attached hydrogens (tertiary/aromatic N) is 1. The van der Waals surface area contributed by atoms with Crippen molar-refractivity contribution in [3.05, 3.63) is 39.2 Å². The van der Waals surface area contributed by atoms with Gasteiger partial charge in [0.1, 0.15) is 11.4 Å². The fraction of sp³-hybridized carbons (Fsp3) is 0.462. The molecule has 1 amide bonds. The van der Waals surface area contributed by atoms with Crippen LogP contribution in [0.4, 0.5) is 10.1 Å². The Morgan fingerprint density at radius 2 is 2.25 bits per heavy atom. The number of nitro benzene ring substituents is 1. The third kappa shape index (κ3) is 2.93. The molecule has 1 aliphatic rings. The Bertz CT molecular complexity index is 558. The maximum Gasteiger partial charge on any atom is 0.285 e. The largest absolute Gasteiger partial charge is 0.348 e. The second-order valence-corrected chi connectivity index (χ2v) is 5.03. The maximum absolute atomic E-state index is 13.4. The van der Waals surface area contributed by atoms with Crippen LogP contribution in [0.2, 0.25) is 0 Å². The van der Waals surface area contributed by atoms with E-state index in [1.54, 1.807) is 0 Å². The van der Waals surface area contributed by atoms with E-state index in [4.69, 9.17) is 5.73 Å². The number of hydrogen-bond acceptors (Lipinski definition) is 4. The molecule has 1 unspecified atom stereocenters.